The van der Waals surface area contributed by atoms with Gasteiger partial charge in [-0.2, -0.15) is 0 Å². The zero-order chi connectivity index (χ0) is 26.0. The molecule has 2 aliphatic carbocycles. The molecule has 0 amide bonds. The third-order valence-corrected chi connectivity index (χ3v) is 6.93. The molecule has 4 unspecified atom stereocenters. The molecule has 0 saturated carbocycles. The lowest BCUT2D eigenvalue weighted by Gasteiger charge is -2.53. The second-order valence-electron chi connectivity index (χ2n) is 8.32. The van der Waals surface area contributed by atoms with Gasteiger partial charge in [-0.05, 0) is 35.6 Å². The first-order valence-corrected chi connectivity index (χ1v) is 10.4. The molecular formula is C24H24O11. The van der Waals surface area contributed by atoms with Crippen LogP contribution in [0.4, 0.5) is 0 Å². The van der Waals surface area contributed by atoms with Crippen molar-refractivity contribution in [2.75, 3.05) is 28.4 Å². The fourth-order valence-electron chi connectivity index (χ4n) is 5.21. The number of aliphatic hydroxyl groups excluding tert-OH is 2. The van der Waals surface area contributed by atoms with Crippen LogP contribution in [0.15, 0.2) is 24.0 Å². The number of esters is 1. The number of rotatable bonds is 4. The predicted molar refractivity (Wildman–Crippen MR) is 118 cm³/mol. The van der Waals surface area contributed by atoms with Crippen molar-refractivity contribution in [3.63, 3.8) is 0 Å². The number of phenolic OH excluding ortho intramolecular Hbond substituents is 1. The van der Waals surface area contributed by atoms with Crippen LogP contribution >= 0.6 is 0 Å². The summed E-state index contributed by atoms with van der Waals surface area (Å²) in [4.78, 5) is 39.3. The van der Waals surface area contributed by atoms with Crippen LogP contribution in [-0.4, -0.2) is 83.7 Å². The highest BCUT2D eigenvalue weighted by molar-refractivity contribution is 6.26. The first kappa shape index (κ1) is 24.6. The maximum atomic E-state index is 13.8. The molecule has 0 fully saturated rings. The minimum absolute atomic E-state index is 0.00338. The first-order valence-electron chi connectivity index (χ1n) is 10.4. The zero-order valence-electron chi connectivity index (χ0n) is 19.5. The summed E-state index contributed by atoms with van der Waals surface area (Å²) in [5.74, 6) is -3.98. The number of Topliss-reactive ketones (excluding diaryl/α,β-unsaturated/α-hetero) is 1. The van der Waals surface area contributed by atoms with E-state index in [1.54, 1.807) is 0 Å². The van der Waals surface area contributed by atoms with E-state index in [0.717, 1.165) is 20.3 Å². The minimum Gasteiger partial charge on any atom is -0.507 e. The Bertz CT molecular complexity index is 1330. The SMILES string of the molecule is COC(=O)c1c(OC)cc2cc3c(c(O)c2c1C)C(=O)C1(OC)C(=O)C=C(OC)C(O)C1(O)C3O. The molecule has 4 N–H and O–H groups in total. The van der Waals surface area contributed by atoms with Gasteiger partial charge in [-0.1, -0.05) is 0 Å². The Morgan fingerprint density at radius 1 is 1.03 bits per heavy atom. The summed E-state index contributed by atoms with van der Waals surface area (Å²) < 4.78 is 20.3. The van der Waals surface area contributed by atoms with Crippen molar-refractivity contribution in [1.29, 1.82) is 0 Å². The molecule has 0 radical (unpaired) electrons. The predicted octanol–water partition coefficient (Wildman–Crippen LogP) is 0.469. The second-order valence-corrected chi connectivity index (χ2v) is 8.32. The maximum absolute atomic E-state index is 13.8. The van der Waals surface area contributed by atoms with E-state index >= 15 is 0 Å². The monoisotopic (exact) mass is 488 g/mol. The van der Waals surface area contributed by atoms with Gasteiger partial charge < -0.3 is 39.4 Å². The number of aromatic hydroxyl groups is 1. The average Bonchev–Trinajstić information content (AvgIpc) is 2.84. The zero-order valence-corrected chi connectivity index (χ0v) is 19.5. The van der Waals surface area contributed by atoms with E-state index in [1.165, 1.54) is 33.3 Å². The van der Waals surface area contributed by atoms with Crippen LogP contribution in [0.2, 0.25) is 0 Å². The summed E-state index contributed by atoms with van der Waals surface area (Å²) in [5, 5.41) is 45.3. The molecule has 2 aliphatic rings. The van der Waals surface area contributed by atoms with E-state index in [4.69, 9.17) is 18.9 Å². The highest BCUT2D eigenvalue weighted by Gasteiger charge is 2.73. The average molecular weight is 488 g/mol. The van der Waals surface area contributed by atoms with Crippen molar-refractivity contribution >= 4 is 28.3 Å². The fourth-order valence-corrected chi connectivity index (χ4v) is 5.21. The number of hydrogen-bond acceptors (Lipinski definition) is 11. The molecule has 2 aromatic rings. The quantitative estimate of drug-likeness (QED) is 0.349. The number of ether oxygens (including phenoxy) is 4. The minimum atomic E-state index is -2.89. The number of fused-ring (bicyclic) bond motifs is 3. The summed E-state index contributed by atoms with van der Waals surface area (Å²) >= 11 is 0. The summed E-state index contributed by atoms with van der Waals surface area (Å²) in [7, 11) is 4.59. The lowest BCUT2D eigenvalue weighted by molar-refractivity contribution is -0.236. The van der Waals surface area contributed by atoms with E-state index in [2.05, 4.69) is 0 Å². The molecule has 4 rings (SSSR count). The fraction of sp³-hybridized carbons (Fsp3) is 0.375. The Kier molecular flexibility index (Phi) is 5.64. The Labute approximate surface area is 199 Å². The highest BCUT2D eigenvalue weighted by atomic mass is 16.5. The molecule has 4 atom stereocenters. The van der Waals surface area contributed by atoms with Crippen molar-refractivity contribution < 1.29 is 53.8 Å². The van der Waals surface area contributed by atoms with Gasteiger partial charge in [0.05, 0.1) is 26.9 Å². The van der Waals surface area contributed by atoms with Gasteiger partial charge in [0.25, 0.3) is 0 Å². The van der Waals surface area contributed by atoms with Gasteiger partial charge in [-0.3, -0.25) is 9.59 Å². The van der Waals surface area contributed by atoms with E-state index in [1.807, 2.05) is 0 Å². The lowest BCUT2D eigenvalue weighted by Crippen LogP contribution is -2.76. The van der Waals surface area contributed by atoms with Crippen LogP contribution in [0.3, 0.4) is 0 Å². The standard InChI is InChI=1S/C24H24O11/c1-9-15-10(7-12(32-2)16(9)22(30)34-4)6-11-17(18(15)26)21(29)24(35-5)14(25)8-13(33-3)20(28)23(24,31)19(11)27/h6-8,19-20,26-28,31H,1-5H3. The Hall–Kier alpha value is -3.51. The van der Waals surface area contributed by atoms with Gasteiger partial charge in [0.2, 0.25) is 17.2 Å². The van der Waals surface area contributed by atoms with Crippen LogP contribution in [0, 0.1) is 6.92 Å². The molecule has 11 nitrogen and oxygen atoms in total. The van der Waals surface area contributed by atoms with Crippen molar-refractivity contribution in [2.45, 2.75) is 30.3 Å². The Balaban J connectivity index is 2.14. The molecule has 0 bridgehead atoms. The third kappa shape index (κ3) is 2.77. The summed E-state index contributed by atoms with van der Waals surface area (Å²) in [6, 6.07) is 2.68. The van der Waals surface area contributed by atoms with Crippen molar-refractivity contribution in [3.05, 3.63) is 46.2 Å². The van der Waals surface area contributed by atoms with Crippen LogP contribution in [0.1, 0.15) is 37.9 Å². The van der Waals surface area contributed by atoms with Gasteiger partial charge in [-0.25, -0.2) is 4.79 Å². The van der Waals surface area contributed by atoms with Gasteiger partial charge in [0, 0.05) is 18.6 Å². The summed E-state index contributed by atoms with van der Waals surface area (Å²) in [5.41, 5.74) is -6.26. The van der Waals surface area contributed by atoms with Crippen LogP contribution in [0.5, 0.6) is 11.5 Å². The number of ketones is 2. The van der Waals surface area contributed by atoms with E-state index in [9.17, 15) is 34.8 Å². The summed E-state index contributed by atoms with van der Waals surface area (Å²) in [6.45, 7) is 1.50. The number of hydrogen-bond donors (Lipinski definition) is 4. The smallest absolute Gasteiger partial charge is 0.341 e. The van der Waals surface area contributed by atoms with E-state index in [0.29, 0.717) is 0 Å². The molecule has 0 aromatic heterocycles. The van der Waals surface area contributed by atoms with Crippen molar-refractivity contribution in [2.24, 2.45) is 0 Å². The normalized spacial score (nSPS) is 27.7. The molecule has 11 heteroatoms. The number of aliphatic hydroxyl groups is 3. The van der Waals surface area contributed by atoms with Crippen molar-refractivity contribution in [1.82, 2.24) is 0 Å². The highest BCUT2D eigenvalue weighted by Crippen LogP contribution is 2.54. The molecule has 35 heavy (non-hydrogen) atoms. The molecule has 2 aromatic carbocycles. The molecule has 0 aliphatic heterocycles. The summed E-state index contributed by atoms with van der Waals surface area (Å²) in [6.07, 6.45) is -3.33. The number of carbonyl (C=O) groups is 3. The van der Waals surface area contributed by atoms with E-state index < -0.39 is 52.3 Å². The van der Waals surface area contributed by atoms with Gasteiger partial charge >= 0.3 is 5.97 Å². The van der Waals surface area contributed by atoms with Gasteiger partial charge in [-0.15, -0.1) is 0 Å². The molecule has 186 valence electrons. The number of carbonyl (C=O) groups excluding carboxylic acids is 3. The Morgan fingerprint density at radius 3 is 2.23 bits per heavy atom. The third-order valence-electron chi connectivity index (χ3n) is 6.93. The topological polar surface area (TPSA) is 169 Å². The first-order chi connectivity index (χ1) is 16.5. The number of aryl methyl sites for hydroxylation is 1. The molecule has 0 heterocycles. The van der Waals surface area contributed by atoms with E-state index in [-0.39, 0.29) is 39.0 Å². The lowest BCUT2D eigenvalue weighted by atomic mass is 9.59. The van der Waals surface area contributed by atoms with Crippen molar-refractivity contribution in [3.8, 4) is 11.5 Å². The van der Waals surface area contributed by atoms with Crippen LogP contribution < -0.4 is 4.74 Å². The van der Waals surface area contributed by atoms with Crippen LogP contribution in [0.25, 0.3) is 10.8 Å². The second kappa shape index (κ2) is 8.02. The molecule has 0 spiro atoms. The molecular weight excluding hydrogens is 464 g/mol. The number of benzene rings is 2. The Morgan fingerprint density at radius 2 is 1.69 bits per heavy atom. The maximum Gasteiger partial charge on any atom is 0.341 e. The largest absolute Gasteiger partial charge is 0.507 e. The number of phenols is 1. The van der Waals surface area contributed by atoms with Gasteiger partial charge in [0.1, 0.15) is 35.0 Å². The van der Waals surface area contributed by atoms with Gasteiger partial charge in [0.15, 0.2) is 5.60 Å². The number of methoxy groups -OCH3 is 4. The van der Waals surface area contributed by atoms with Crippen LogP contribution in [-0.2, 0) is 19.0 Å². The molecule has 0 saturated heterocycles.